The van der Waals surface area contributed by atoms with Crippen molar-refractivity contribution in [1.29, 1.82) is 0 Å². The molecule has 1 amide bonds. The fraction of sp³-hybridized carbons (Fsp3) is 0.870. The maximum Gasteiger partial charge on any atom is 0.230 e. The maximum atomic E-state index is 13.4. The van der Waals surface area contributed by atoms with E-state index in [1.165, 1.54) is 32.1 Å². The van der Waals surface area contributed by atoms with Crippen LogP contribution in [0.2, 0.25) is 0 Å². The van der Waals surface area contributed by atoms with Crippen LogP contribution in [0.25, 0.3) is 0 Å². The van der Waals surface area contributed by atoms with E-state index in [0.29, 0.717) is 23.8 Å². The lowest BCUT2D eigenvalue weighted by atomic mass is 9.85. The summed E-state index contributed by atoms with van der Waals surface area (Å²) in [6.07, 6.45) is 11.3. The molecule has 0 radical (unpaired) electrons. The van der Waals surface area contributed by atoms with E-state index in [1.54, 1.807) is 0 Å². The van der Waals surface area contributed by atoms with Gasteiger partial charge in [-0.1, -0.05) is 12.8 Å². The molecule has 166 valence electrons. The highest BCUT2D eigenvalue weighted by atomic mass is 16.5. The van der Waals surface area contributed by atoms with E-state index < -0.39 is 0 Å². The molecule has 3 aliphatic heterocycles. The van der Waals surface area contributed by atoms with E-state index >= 15 is 0 Å². The van der Waals surface area contributed by atoms with E-state index in [1.807, 2.05) is 0 Å². The number of aromatic nitrogens is 2. The molecule has 7 heteroatoms. The van der Waals surface area contributed by atoms with Gasteiger partial charge in [-0.3, -0.25) is 9.69 Å². The Morgan fingerprint density at radius 1 is 0.900 bits per heavy atom. The van der Waals surface area contributed by atoms with Gasteiger partial charge >= 0.3 is 0 Å². The van der Waals surface area contributed by atoms with Crippen molar-refractivity contribution in [3.05, 3.63) is 11.8 Å². The zero-order valence-electron chi connectivity index (χ0n) is 18.1. The monoisotopic (exact) mass is 416 g/mol. The van der Waals surface area contributed by atoms with Crippen LogP contribution in [0.3, 0.4) is 0 Å². The van der Waals surface area contributed by atoms with Gasteiger partial charge in [0.05, 0.1) is 6.54 Å². The third-order valence-corrected chi connectivity index (χ3v) is 7.60. The number of hydrogen-bond acceptors (Lipinski definition) is 6. The maximum absolute atomic E-state index is 13.4. The van der Waals surface area contributed by atoms with Crippen LogP contribution in [0.15, 0.2) is 4.42 Å². The topological polar surface area (TPSA) is 71.7 Å². The summed E-state index contributed by atoms with van der Waals surface area (Å²) >= 11 is 0. The molecule has 1 unspecified atom stereocenters. The number of ether oxygens (including phenoxy) is 1. The average molecular weight is 417 g/mol. The lowest BCUT2D eigenvalue weighted by Crippen LogP contribution is -2.50. The summed E-state index contributed by atoms with van der Waals surface area (Å²) in [7, 11) is 0. The van der Waals surface area contributed by atoms with Gasteiger partial charge < -0.3 is 14.1 Å². The Hall–Kier alpha value is -1.47. The smallest absolute Gasteiger partial charge is 0.230 e. The first kappa shape index (κ1) is 20.4. The highest BCUT2D eigenvalue weighted by Gasteiger charge is 2.37. The molecule has 0 N–H and O–H groups in total. The molecule has 1 saturated carbocycles. The van der Waals surface area contributed by atoms with Crippen molar-refractivity contribution < 1.29 is 13.9 Å². The molecule has 3 saturated heterocycles. The summed E-state index contributed by atoms with van der Waals surface area (Å²) in [5.74, 6) is 3.32. The Bertz CT molecular complexity index is 705. The lowest BCUT2D eigenvalue weighted by molar-refractivity contribution is -0.142. The van der Waals surface area contributed by atoms with Crippen molar-refractivity contribution in [3.8, 4) is 0 Å². The van der Waals surface area contributed by atoms with Crippen LogP contribution in [0.1, 0.15) is 81.9 Å². The van der Waals surface area contributed by atoms with Gasteiger partial charge in [0.2, 0.25) is 17.7 Å². The summed E-state index contributed by atoms with van der Waals surface area (Å²) in [5, 5.41) is 8.48. The standard InChI is InChI=1S/C23H36N4O3/c28-23(19-9-14-29-15-10-19)27-11-3-1-2-4-20(27)17-7-12-26(13-8-17)16-21-24-25-22(30-21)18-5-6-18/h17-20H,1-16H2. The van der Waals surface area contributed by atoms with E-state index in [-0.39, 0.29) is 5.92 Å². The molecule has 30 heavy (non-hydrogen) atoms. The number of piperidine rings is 1. The summed E-state index contributed by atoms with van der Waals surface area (Å²) < 4.78 is 11.3. The molecule has 5 rings (SSSR count). The Balaban J connectivity index is 1.17. The van der Waals surface area contributed by atoms with Gasteiger partial charge in [0.15, 0.2) is 0 Å². The van der Waals surface area contributed by atoms with Gasteiger partial charge in [-0.15, -0.1) is 10.2 Å². The van der Waals surface area contributed by atoms with Gasteiger partial charge in [-0.2, -0.15) is 0 Å². The average Bonchev–Trinajstić information content (AvgIpc) is 3.58. The summed E-state index contributed by atoms with van der Waals surface area (Å²) in [6, 6.07) is 0.426. The summed E-state index contributed by atoms with van der Waals surface area (Å²) in [6.45, 7) is 5.31. The summed E-state index contributed by atoms with van der Waals surface area (Å²) in [5.41, 5.74) is 0. The molecule has 1 aliphatic carbocycles. The van der Waals surface area contributed by atoms with Crippen molar-refractivity contribution in [2.45, 2.75) is 82.7 Å². The molecule has 0 spiro atoms. The molecule has 1 aromatic heterocycles. The quantitative estimate of drug-likeness (QED) is 0.733. The van der Waals surface area contributed by atoms with Gasteiger partial charge in [0, 0.05) is 37.6 Å². The first-order valence-corrected chi connectivity index (χ1v) is 12.2. The van der Waals surface area contributed by atoms with Crippen LogP contribution in [-0.4, -0.2) is 64.8 Å². The number of carbonyl (C=O) groups is 1. The highest BCUT2D eigenvalue weighted by molar-refractivity contribution is 5.79. The van der Waals surface area contributed by atoms with Crippen LogP contribution in [-0.2, 0) is 16.1 Å². The number of amides is 1. The minimum Gasteiger partial charge on any atom is -0.424 e. The second-order valence-electron chi connectivity index (χ2n) is 9.76. The van der Waals surface area contributed by atoms with Crippen LogP contribution in [0, 0.1) is 11.8 Å². The predicted molar refractivity (Wildman–Crippen MR) is 112 cm³/mol. The third kappa shape index (κ3) is 4.72. The van der Waals surface area contributed by atoms with E-state index in [9.17, 15) is 4.79 Å². The first-order valence-electron chi connectivity index (χ1n) is 12.2. The molecule has 7 nitrogen and oxygen atoms in total. The van der Waals surface area contributed by atoms with Crippen LogP contribution in [0.5, 0.6) is 0 Å². The Morgan fingerprint density at radius 3 is 2.47 bits per heavy atom. The van der Waals surface area contributed by atoms with Crippen LogP contribution in [0.4, 0.5) is 0 Å². The van der Waals surface area contributed by atoms with Gasteiger partial charge in [0.1, 0.15) is 0 Å². The Kier molecular flexibility index (Phi) is 6.37. The Morgan fingerprint density at radius 2 is 1.70 bits per heavy atom. The normalized spacial score (nSPS) is 27.9. The molecular weight excluding hydrogens is 380 g/mol. The van der Waals surface area contributed by atoms with E-state index in [4.69, 9.17) is 9.15 Å². The predicted octanol–water partition coefficient (Wildman–Crippen LogP) is 3.36. The van der Waals surface area contributed by atoms with Gasteiger partial charge in [-0.25, -0.2) is 0 Å². The van der Waals surface area contributed by atoms with Crippen molar-refractivity contribution in [2.24, 2.45) is 11.8 Å². The molecule has 4 fully saturated rings. The lowest BCUT2D eigenvalue weighted by Gasteiger charge is -2.42. The minimum absolute atomic E-state index is 0.178. The molecule has 0 aromatic carbocycles. The molecule has 4 heterocycles. The second-order valence-corrected chi connectivity index (χ2v) is 9.76. The second kappa shape index (κ2) is 9.35. The van der Waals surface area contributed by atoms with Gasteiger partial charge in [-0.05, 0) is 70.4 Å². The zero-order chi connectivity index (χ0) is 20.3. The van der Waals surface area contributed by atoms with Crippen LogP contribution < -0.4 is 0 Å². The fourth-order valence-electron chi connectivity index (χ4n) is 5.59. The molecule has 0 bridgehead atoms. The van der Waals surface area contributed by atoms with Crippen LogP contribution >= 0.6 is 0 Å². The Labute approximate surface area is 179 Å². The van der Waals surface area contributed by atoms with E-state index in [2.05, 4.69) is 20.0 Å². The van der Waals surface area contributed by atoms with Crippen molar-refractivity contribution in [1.82, 2.24) is 20.0 Å². The largest absolute Gasteiger partial charge is 0.424 e. The molecule has 1 atom stereocenters. The van der Waals surface area contributed by atoms with Crippen molar-refractivity contribution in [2.75, 3.05) is 32.8 Å². The molecule has 1 aromatic rings. The number of nitrogens with zero attached hydrogens (tertiary/aromatic N) is 4. The highest BCUT2D eigenvalue weighted by Crippen LogP contribution is 2.39. The number of rotatable bonds is 5. The van der Waals surface area contributed by atoms with Crippen molar-refractivity contribution in [3.63, 3.8) is 0 Å². The minimum atomic E-state index is 0.178. The first-order chi connectivity index (χ1) is 14.8. The molecular formula is C23H36N4O3. The molecule has 4 aliphatic rings. The van der Waals surface area contributed by atoms with E-state index in [0.717, 1.165) is 83.3 Å². The summed E-state index contributed by atoms with van der Waals surface area (Å²) in [4.78, 5) is 18.1. The number of hydrogen-bond donors (Lipinski definition) is 0. The zero-order valence-corrected chi connectivity index (χ0v) is 18.1. The number of carbonyl (C=O) groups excluding carboxylic acids is 1. The van der Waals surface area contributed by atoms with Gasteiger partial charge in [0.25, 0.3) is 0 Å². The number of likely N-dealkylation sites (tertiary alicyclic amines) is 2. The SMILES string of the molecule is O=C(C1CCOCC1)N1CCCCCC1C1CCN(Cc2nnc(C3CC3)o2)CC1. The van der Waals surface area contributed by atoms with Crippen molar-refractivity contribution >= 4 is 5.91 Å². The fourth-order valence-corrected chi connectivity index (χ4v) is 5.59. The third-order valence-electron chi connectivity index (χ3n) is 7.60.